The molecular formula is C19H13ClN2S2. The van der Waals surface area contributed by atoms with E-state index in [0.717, 1.165) is 32.3 Å². The molecule has 0 bridgehead atoms. The summed E-state index contributed by atoms with van der Waals surface area (Å²) in [4.78, 5) is 10.1. The van der Waals surface area contributed by atoms with Crippen LogP contribution < -0.4 is 0 Å². The van der Waals surface area contributed by atoms with Gasteiger partial charge < -0.3 is 0 Å². The number of hydrogen-bond acceptors (Lipinski definition) is 4. The lowest BCUT2D eigenvalue weighted by atomic mass is 10.1. The summed E-state index contributed by atoms with van der Waals surface area (Å²) in [6, 6.07) is 20.5. The maximum atomic E-state index is 6.48. The molecule has 2 aromatic heterocycles. The molecule has 0 atom stereocenters. The zero-order valence-corrected chi connectivity index (χ0v) is 15.0. The van der Waals surface area contributed by atoms with Crippen LogP contribution in [0.25, 0.3) is 21.3 Å². The van der Waals surface area contributed by atoms with Crippen LogP contribution in [0.1, 0.15) is 5.56 Å². The first-order valence-corrected chi connectivity index (χ1v) is 9.72. The number of hydrogen-bond donors (Lipinski definition) is 0. The van der Waals surface area contributed by atoms with Crippen LogP contribution in [0.3, 0.4) is 0 Å². The lowest BCUT2D eigenvalue weighted by Crippen LogP contribution is -1.89. The fourth-order valence-corrected chi connectivity index (χ4v) is 4.68. The Morgan fingerprint density at radius 1 is 0.917 bits per heavy atom. The van der Waals surface area contributed by atoms with E-state index >= 15 is 0 Å². The Hall–Kier alpha value is -1.88. The van der Waals surface area contributed by atoms with Crippen molar-refractivity contribution < 1.29 is 0 Å². The Morgan fingerprint density at radius 3 is 2.38 bits per heavy atom. The highest BCUT2D eigenvalue weighted by Gasteiger charge is 2.14. The van der Waals surface area contributed by atoms with Crippen LogP contribution in [0.15, 0.2) is 71.2 Å². The third-order valence-corrected chi connectivity index (χ3v) is 5.73. The summed E-state index contributed by atoms with van der Waals surface area (Å²) >= 11 is 9.70. The third kappa shape index (κ3) is 3.18. The summed E-state index contributed by atoms with van der Waals surface area (Å²) in [5.74, 6) is 0.833. The van der Waals surface area contributed by atoms with Crippen LogP contribution in [-0.2, 0) is 5.75 Å². The monoisotopic (exact) mass is 368 g/mol. The zero-order valence-electron chi connectivity index (χ0n) is 12.6. The van der Waals surface area contributed by atoms with E-state index < -0.39 is 0 Å². The molecule has 2 aromatic carbocycles. The van der Waals surface area contributed by atoms with E-state index in [1.54, 1.807) is 23.1 Å². The van der Waals surface area contributed by atoms with Gasteiger partial charge in [-0.25, -0.2) is 9.97 Å². The Labute approximate surface area is 153 Å². The molecule has 4 rings (SSSR count). The molecule has 0 radical (unpaired) electrons. The van der Waals surface area contributed by atoms with Crippen LogP contribution in [0, 0.1) is 0 Å². The molecule has 2 heterocycles. The minimum absolute atomic E-state index is 0.524. The highest BCUT2D eigenvalue weighted by atomic mass is 35.5. The Bertz CT molecular complexity index is 969. The van der Waals surface area contributed by atoms with E-state index in [0.29, 0.717) is 5.15 Å². The molecule has 0 aliphatic rings. The standard InChI is InChI=1S/C19H13ClN2S2/c20-17-16-15(14-9-5-2-6-10-14)12-23-18(16)22-19(21-17)24-11-13-7-3-1-4-8-13/h1-10,12H,11H2. The van der Waals surface area contributed by atoms with Gasteiger partial charge in [-0.3, -0.25) is 0 Å². The van der Waals surface area contributed by atoms with E-state index in [-0.39, 0.29) is 0 Å². The number of rotatable bonds is 4. The van der Waals surface area contributed by atoms with Crippen LogP contribution in [0.4, 0.5) is 0 Å². The van der Waals surface area contributed by atoms with Gasteiger partial charge in [0.1, 0.15) is 9.98 Å². The first-order chi connectivity index (χ1) is 11.8. The smallest absolute Gasteiger partial charge is 0.190 e. The highest BCUT2D eigenvalue weighted by molar-refractivity contribution is 7.98. The van der Waals surface area contributed by atoms with Crippen LogP contribution >= 0.6 is 34.7 Å². The second-order valence-corrected chi connectivity index (χ2v) is 7.43. The van der Waals surface area contributed by atoms with Crippen molar-refractivity contribution in [3.05, 3.63) is 76.8 Å². The van der Waals surface area contributed by atoms with Crippen LogP contribution in [0.2, 0.25) is 5.15 Å². The number of benzene rings is 2. The molecule has 0 saturated heterocycles. The molecule has 0 spiro atoms. The van der Waals surface area contributed by atoms with Crippen molar-refractivity contribution >= 4 is 44.9 Å². The predicted molar refractivity (Wildman–Crippen MR) is 104 cm³/mol. The van der Waals surface area contributed by atoms with Gasteiger partial charge >= 0.3 is 0 Å². The number of thioether (sulfide) groups is 1. The summed E-state index contributed by atoms with van der Waals surface area (Å²) in [5.41, 5.74) is 3.48. The maximum Gasteiger partial charge on any atom is 0.190 e. The summed E-state index contributed by atoms with van der Waals surface area (Å²) in [6.07, 6.45) is 0. The molecule has 24 heavy (non-hydrogen) atoms. The van der Waals surface area contributed by atoms with Gasteiger partial charge in [0.15, 0.2) is 5.16 Å². The van der Waals surface area contributed by atoms with E-state index in [1.807, 2.05) is 36.4 Å². The second kappa shape index (κ2) is 6.93. The van der Waals surface area contributed by atoms with Gasteiger partial charge in [0.2, 0.25) is 0 Å². The molecule has 0 fully saturated rings. The molecule has 5 heteroatoms. The van der Waals surface area contributed by atoms with Crippen molar-refractivity contribution in [1.29, 1.82) is 0 Å². The van der Waals surface area contributed by atoms with Gasteiger partial charge in [0, 0.05) is 16.7 Å². The van der Waals surface area contributed by atoms with Gasteiger partial charge in [-0.2, -0.15) is 0 Å². The SMILES string of the molecule is Clc1nc(SCc2ccccc2)nc2scc(-c3ccccc3)c12. The summed E-state index contributed by atoms with van der Waals surface area (Å²) < 4.78 is 0. The number of aromatic nitrogens is 2. The van der Waals surface area contributed by atoms with E-state index in [1.165, 1.54) is 5.56 Å². The molecule has 0 amide bonds. The van der Waals surface area contributed by atoms with Crippen molar-refractivity contribution in [2.24, 2.45) is 0 Å². The van der Waals surface area contributed by atoms with Crippen LogP contribution in [0.5, 0.6) is 0 Å². The normalized spacial score (nSPS) is 11.0. The first kappa shape index (κ1) is 15.6. The van der Waals surface area contributed by atoms with Crippen molar-refractivity contribution in [2.75, 3.05) is 0 Å². The molecular weight excluding hydrogens is 356 g/mol. The van der Waals surface area contributed by atoms with E-state index in [4.69, 9.17) is 11.6 Å². The van der Waals surface area contributed by atoms with Gasteiger partial charge in [0.05, 0.1) is 5.39 Å². The fourth-order valence-electron chi connectivity index (χ4n) is 2.50. The largest absolute Gasteiger partial charge is 0.211 e. The number of halogens is 1. The molecule has 118 valence electrons. The van der Waals surface area contributed by atoms with Gasteiger partial charge in [-0.15, -0.1) is 11.3 Å². The number of fused-ring (bicyclic) bond motifs is 1. The van der Waals surface area contributed by atoms with Gasteiger partial charge in [-0.05, 0) is 11.1 Å². The molecule has 0 N–H and O–H groups in total. The second-order valence-electron chi connectivity index (χ2n) is 5.27. The Kier molecular flexibility index (Phi) is 4.52. The molecule has 0 aliphatic carbocycles. The maximum absolute atomic E-state index is 6.48. The Balaban J connectivity index is 1.66. The lowest BCUT2D eigenvalue weighted by molar-refractivity contribution is 1.01. The van der Waals surface area contributed by atoms with E-state index in [2.05, 4.69) is 39.6 Å². The lowest BCUT2D eigenvalue weighted by Gasteiger charge is -2.04. The van der Waals surface area contributed by atoms with Crippen molar-refractivity contribution in [1.82, 2.24) is 9.97 Å². The van der Waals surface area contributed by atoms with Crippen molar-refractivity contribution in [3.8, 4) is 11.1 Å². The van der Waals surface area contributed by atoms with E-state index in [9.17, 15) is 0 Å². The third-order valence-electron chi connectivity index (χ3n) is 3.66. The topological polar surface area (TPSA) is 25.8 Å². The number of thiophene rings is 1. The molecule has 0 saturated carbocycles. The average Bonchev–Trinajstić information content (AvgIpc) is 3.06. The zero-order chi connectivity index (χ0) is 16.4. The molecule has 2 nitrogen and oxygen atoms in total. The van der Waals surface area contributed by atoms with Crippen molar-refractivity contribution in [3.63, 3.8) is 0 Å². The molecule has 4 aromatic rings. The molecule has 0 unspecified atom stereocenters. The molecule has 0 aliphatic heterocycles. The van der Waals surface area contributed by atoms with Gasteiger partial charge in [-0.1, -0.05) is 84.0 Å². The average molecular weight is 369 g/mol. The summed E-state index contributed by atoms with van der Waals surface area (Å²) in [7, 11) is 0. The quantitative estimate of drug-likeness (QED) is 0.240. The summed E-state index contributed by atoms with van der Waals surface area (Å²) in [6.45, 7) is 0. The predicted octanol–water partition coefficient (Wildman–Crippen LogP) is 6.30. The minimum Gasteiger partial charge on any atom is -0.211 e. The van der Waals surface area contributed by atoms with Gasteiger partial charge in [0.25, 0.3) is 0 Å². The van der Waals surface area contributed by atoms with Crippen molar-refractivity contribution in [2.45, 2.75) is 10.9 Å². The summed E-state index contributed by atoms with van der Waals surface area (Å²) in [5, 5.41) is 4.29. The minimum atomic E-state index is 0.524. The first-order valence-electron chi connectivity index (χ1n) is 7.48. The van der Waals surface area contributed by atoms with Crippen LogP contribution in [-0.4, -0.2) is 9.97 Å². The fraction of sp³-hybridized carbons (Fsp3) is 0.0526. The highest BCUT2D eigenvalue weighted by Crippen LogP contribution is 2.37. The number of nitrogens with zero attached hydrogens (tertiary/aromatic N) is 2. The Morgan fingerprint density at radius 2 is 1.62 bits per heavy atom.